The molecular weight excluding hydrogens is 506 g/mol. The van der Waals surface area contributed by atoms with E-state index in [1.165, 1.54) is 6.07 Å². The number of nitrogens with one attached hydrogen (secondary N) is 1. The summed E-state index contributed by atoms with van der Waals surface area (Å²) in [7, 11) is 0. The van der Waals surface area contributed by atoms with Gasteiger partial charge in [0.05, 0.1) is 5.56 Å². The lowest BCUT2D eigenvalue weighted by Gasteiger charge is -2.41. The van der Waals surface area contributed by atoms with Crippen LogP contribution in [-0.4, -0.2) is 39.7 Å². The second-order valence-corrected chi connectivity index (χ2v) is 12.4. The largest absolute Gasteiger partial charge is 0.507 e. The van der Waals surface area contributed by atoms with E-state index in [2.05, 4.69) is 5.32 Å². The Morgan fingerprint density at radius 3 is 2.25 bits per heavy atom. The monoisotopic (exact) mass is 545 g/mol. The lowest BCUT2D eigenvalue weighted by molar-refractivity contribution is -0.124. The molecule has 3 aliphatic carbocycles. The van der Waals surface area contributed by atoms with E-state index in [4.69, 9.17) is 0 Å². The molecule has 1 heterocycles. The minimum atomic E-state index is -1.62. The third-order valence-electron chi connectivity index (χ3n) is 8.68. The van der Waals surface area contributed by atoms with Crippen LogP contribution >= 0.6 is 0 Å². The minimum absolute atomic E-state index is 0.00177. The molecule has 1 aromatic rings. The van der Waals surface area contributed by atoms with Crippen LogP contribution in [0.3, 0.4) is 0 Å². The van der Waals surface area contributed by atoms with Gasteiger partial charge in [-0.3, -0.25) is 24.0 Å². The summed E-state index contributed by atoms with van der Waals surface area (Å²) < 4.78 is 0. The first kappa shape index (κ1) is 29.4. The van der Waals surface area contributed by atoms with Gasteiger partial charge in [0.25, 0.3) is 0 Å². The van der Waals surface area contributed by atoms with Gasteiger partial charge in [0.2, 0.25) is 5.91 Å². The third-order valence-corrected chi connectivity index (χ3v) is 8.68. The van der Waals surface area contributed by atoms with Crippen LogP contribution in [0.1, 0.15) is 97.9 Å². The Bertz CT molecular complexity index is 1440. The maximum atomic E-state index is 14.5. The van der Waals surface area contributed by atoms with Gasteiger partial charge >= 0.3 is 0 Å². The molecule has 40 heavy (non-hydrogen) atoms. The second-order valence-electron chi connectivity index (χ2n) is 12.4. The molecule has 4 aliphatic rings. The van der Waals surface area contributed by atoms with Crippen molar-refractivity contribution in [1.29, 1.82) is 0 Å². The molecule has 2 N–H and O–H groups in total. The summed E-state index contributed by atoms with van der Waals surface area (Å²) >= 11 is 0. The molecule has 0 radical (unpaired) electrons. The summed E-state index contributed by atoms with van der Waals surface area (Å²) in [6, 6.07) is 1.42. The molecule has 5 rings (SSSR count). The lowest BCUT2D eigenvalue weighted by Crippen LogP contribution is -2.59. The highest BCUT2D eigenvalue weighted by atomic mass is 16.3. The Labute approximate surface area is 235 Å². The van der Waals surface area contributed by atoms with E-state index < -0.39 is 40.6 Å². The number of benzene rings is 1. The highest BCUT2D eigenvalue weighted by Gasteiger charge is 2.63. The molecule has 7 heteroatoms. The molecule has 1 fully saturated rings. The van der Waals surface area contributed by atoms with Crippen molar-refractivity contribution < 1.29 is 29.1 Å². The first-order valence-corrected chi connectivity index (χ1v) is 14.0. The highest BCUT2D eigenvalue weighted by molar-refractivity contribution is 6.26. The van der Waals surface area contributed by atoms with Gasteiger partial charge in [0, 0.05) is 35.3 Å². The minimum Gasteiger partial charge on any atom is -0.507 e. The van der Waals surface area contributed by atoms with Crippen molar-refractivity contribution in [2.75, 3.05) is 0 Å². The standard InChI is InChI=1S/C33H39NO6/c1-15(2)9-23-27-21(8)28(36)18(5)11-16(3)10-17(4)12-19(6)29(37)26-25-22(13-20(7)30(26)38)31(39)33(27,14-24(25)35)34-32(23)40/h10-13,15-16,21,23,27,38H,9,14H2,1-8H3,(H,34,40)/b17-10-,18-11-,19-12-/t16-,21-,23-,27-,33+/m1/s1. The third kappa shape index (κ3) is 4.69. The topological polar surface area (TPSA) is 118 Å². The van der Waals surface area contributed by atoms with Crippen LogP contribution in [-0.2, 0) is 9.59 Å². The molecule has 1 aromatic carbocycles. The number of phenols is 1. The molecule has 1 saturated heterocycles. The molecule has 1 aliphatic heterocycles. The van der Waals surface area contributed by atoms with Crippen LogP contribution in [0.25, 0.3) is 0 Å². The van der Waals surface area contributed by atoms with E-state index in [0.717, 1.165) is 5.57 Å². The van der Waals surface area contributed by atoms with E-state index in [-0.39, 0.29) is 58.0 Å². The molecule has 4 bridgehead atoms. The fourth-order valence-corrected chi connectivity index (χ4v) is 7.08. The lowest BCUT2D eigenvalue weighted by atomic mass is 9.61. The van der Waals surface area contributed by atoms with E-state index in [0.29, 0.717) is 17.6 Å². The van der Waals surface area contributed by atoms with Crippen molar-refractivity contribution in [3.63, 3.8) is 0 Å². The molecule has 5 atom stereocenters. The van der Waals surface area contributed by atoms with Crippen molar-refractivity contribution in [2.24, 2.45) is 29.6 Å². The van der Waals surface area contributed by atoms with Gasteiger partial charge in [-0.25, -0.2) is 0 Å². The number of carbonyl (C=O) groups is 5. The Morgan fingerprint density at radius 2 is 1.62 bits per heavy atom. The van der Waals surface area contributed by atoms with Gasteiger partial charge in [-0.2, -0.15) is 0 Å². The quantitative estimate of drug-likeness (QED) is 0.507. The average Bonchev–Trinajstić information content (AvgIpc) is 3.12. The predicted octanol–water partition coefficient (Wildman–Crippen LogP) is 5.49. The molecule has 1 amide bonds. The van der Waals surface area contributed by atoms with Crippen LogP contribution in [0.2, 0.25) is 0 Å². The van der Waals surface area contributed by atoms with Crippen molar-refractivity contribution >= 4 is 29.0 Å². The number of hydrogen-bond donors (Lipinski definition) is 2. The zero-order chi connectivity index (χ0) is 29.8. The van der Waals surface area contributed by atoms with Gasteiger partial charge in [-0.15, -0.1) is 0 Å². The summed E-state index contributed by atoms with van der Waals surface area (Å²) in [6.45, 7) is 14.4. The fraction of sp³-hybridized carbons (Fsp3) is 0.485. The molecule has 1 spiro atoms. The number of hydrogen-bond acceptors (Lipinski definition) is 6. The number of Topliss-reactive ketones (excluding diaryl/α,β-unsaturated/α-hetero) is 4. The number of carbonyl (C=O) groups excluding carboxylic acids is 5. The maximum absolute atomic E-state index is 14.5. The highest BCUT2D eigenvalue weighted by Crippen LogP contribution is 2.49. The molecule has 212 valence electrons. The van der Waals surface area contributed by atoms with Gasteiger partial charge < -0.3 is 10.4 Å². The number of ketones is 4. The van der Waals surface area contributed by atoms with E-state index in [9.17, 15) is 29.1 Å². The summed E-state index contributed by atoms with van der Waals surface area (Å²) in [5.41, 5.74) is -0.0620. The van der Waals surface area contributed by atoms with Crippen molar-refractivity contribution in [1.82, 2.24) is 5.32 Å². The average molecular weight is 546 g/mol. The fourth-order valence-electron chi connectivity index (χ4n) is 7.08. The van der Waals surface area contributed by atoms with Crippen LogP contribution in [0.15, 0.2) is 41.0 Å². The Balaban J connectivity index is 2.08. The smallest absolute Gasteiger partial charge is 0.224 e. The number of phenolic OH excluding ortho intramolecular Hbond substituents is 1. The van der Waals surface area contributed by atoms with Gasteiger partial charge in [-0.05, 0) is 68.7 Å². The maximum Gasteiger partial charge on any atom is 0.224 e. The number of rotatable bonds is 2. The number of aromatic hydroxyl groups is 1. The first-order chi connectivity index (χ1) is 18.6. The zero-order valence-electron chi connectivity index (χ0n) is 24.6. The van der Waals surface area contributed by atoms with Gasteiger partial charge in [0.15, 0.2) is 23.1 Å². The Morgan fingerprint density at radius 1 is 0.975 bits per heavy atom. The summed E-state index contributed by atoms with van der Waals surface area (Å²) in [4.78, 5) is 69.5. The zero-order valence-corrected chi connectivity index (χ0v) is 24.6. The number of allylic oxidation sites excluding steroid dienone is 6. The van der Waals surface area contributed by atoms with Crippen molar-refractivity contribution in [3.05, 3.63) is 63.3 Å². The van der Waals surface area contributed by atoms with Crippen LogP contribution in [0, 0.1) is 36.5 Å². The second kappa shape index (κ2) is 10.4. The normalized spacial score (nSPS) is 33.2. The van der Waals surface area contributed by atoms with E-state index in [1.807, 2.05) is 39.8 Å². The van der Waals surface area contributed by atoms with Gasteiger partial charge in [-0.1, -0.05) is 51.5 Å². The first-order valence-electron chi connectivity index (χ1n) is 14.0. The Kier molecular flexibility index (Phi) is 7.65. The summed E-state index contributed by atoms with van der Waals surface area (Å²) in [5.74, 6) is -4.57. The molecule has 0 saturated carbocycles. The predicted molar refractivity (Wildman–Crippen MR) is 152 cm³/mol. The SMILES string of the molecule is CC1=C/[C@@H](C)/C=C(/C)C(=O)[C@H](C)[C@@H]2[C@@H](CC(C)C)C(=O)N[C@@]23CC(=O)c2c(cc(C)c(O)c2C(=O)/C(C)=C\1)C3=O. The van der Waals surface area contributed by atoms with E-state index >= 15 is 0 Å². The summed E-state index contributed by atoms with van der Waals surface area (Å²) in [6.07, 6.45) is 5.52. The number of amides is 1. The van der Waals surface area contributed by atoms with Crippen molar-refractivity contribution in [3.8, 4) is 5.75 Å². The number of fused-ring (bicyclic) bond motifs is 7. The van der Waals surface area contributed by atoms with Gasteiger partial charge in [0.1, 0.15) is 11.3 Å². The molecule has 7 nitrogen and oxygen atoms in total. The number of aryl methyl sites for hydroxylation is 1. The molecule has 0 unspecified atom stereocenters. The summed E-state index contributed by atoms with van der Waals surface area (Å²) in [5, 5.41) is 13.9. The molecular formula is C33H39NO6. The van der Waals surface area contributed by atoms with Crippen LogP contribution in [0.5, 0.6) is 5.75 Å². The van der Waals surface area contributed by atoms with E-state index in [1.54, 1.807) is 33.8 Å². The van der Waals surface area contributed by atoms with Crippen LogP contribution in [0.4, 0.5) is 0 Å². The Hall–Kier alpha value is -3.61. The molecule has 0 aromatic heterocycles. The van der Waals surface area contributed by atoms with Crippen LogP contribution < -0.4 is 5.32 Å². The van der Waals surface area contributed by atoms with Crippen molar-refractivity contribution in [2.45, 2.75) is 73.8 Å².